The molecule has 2 heteroatoms. The van der Waals surface area contributed by atoms with E-state index in [1.165, 1.54) is 7.11 Å². The van der Waals surface area contributed by atoms with Crippen LogP contribution in [0.25, 0.3) is 0 Å². The minimum Gasteiger partial charge on any atom is -0.469 e. The van der Waals surface area contributed by atoms with E-state index in [0.29, 0.717) is 6.42 Å². The largest absolute Gasteiger partial charge is 0.469 e. The van der Waals surface area contributed by atoms with Crippen LogP contribution in [0, 0.1) is 0 Å². The molecule has 0 rings (SSSR count). The second-order valence-electron chi connectivity index (χ2n) is 2.54. The molecule has 0 radical (unpaired) electrons. The molecule has 66 valence electrons. The Balaban J connectivity index is 3.82. The number of rotatable bonds is 5. The van der Waals surface area contributed by atoms with Crippen LogP contribution in [0.3, 0.4) is 0 Å². The van der Waals surface area contributed by atoms with Gasteiger partial charge in [-0.25, -0.2) is 0 Å². The fraction of sp³-hybridized carbons (Fsp3) is 0.300. The van der Waals surface area contributed by atoms with Crippen LogP contribution in [0.4, 0.5) is 0 Å². The molecule has 0 unspecified atom stereocenters. The third-order valence-corrected chi connectivity index (χ3v) is 1.39. The minimum atomic E-state index is -0.267. The Morgan fingerprint density at radius 2 is 2.00 bits per heavy atom. The molecule has 0 aromatic carbocycles. The smallest absolute Gasteiger partial charge is 0.309 e. The second-order valence-corrected chi connectivity index (χ2v) is 2.54. The lowest BCUT2D eigenvalue weighted by Gasteiger charge is -2.03. The number of esters is 1. The maximum absolute atomic E-state index is 10.8. The van der Waals surface area contributed by atoms with Crippen LogP contribution in [-0.2, 0) is 9.53 Å². The molecular weight excluding hydrogens is 152 g/mol. The van der Waals surface area contributed by atoms with Gasteiger partial charge >= 0.3 is 5.97 Å². The van der Waals surface area contributed by atoms with Crippen LogP contribution in [0.15, 0.2) is 37.0 Å². The van der Waals surface area contributed by atoms with E-state index >= 15 is 0 Å². The maximum Gasteiger partial charge on any atom is 0.309 e. The van der Waals surface area contributed by atoms with Crippen LogP contribution in [0.2, 0.25) is 0 Å². The highest BCUT2D eigenvalue weighted by Gasteiger charge is 2.03. The molecule has 2 nitrogen and oxygen atoms in total. The zero-order valence-electron chi connectivity index (χ0n) is 7.43. The molecule has 0 aliphatic rings. The highest BCUT2D eigenvalue weighted by atomic mass is 16.5. The number of carbonyl (C=O) groups excluding carboxylic acids is 1. The van der Waals surface area contributed by atoms with Crippen LogP contribution in [-0.4, -0.2) is 13.1 Å². The summed E-state index contributed by atoms with van der Waals surface area (Å²) in [7, 11) is 1.36. The van der Waals surface area contributed by atoms with Crippen molar-refractivity contribution in [3.63, 3.8) is 0 Å². The normalized spacial score (nSPS) is 8.75. The van der Waals surface area contributed by atoms with Crippen LogP contribution in [0.5, 0.6) is 0 Å². The molecule has 0 bridgehead atoms. The molecule has 0 spiro atoms. The van der Waals surface area contributed by atoms with Crippen LogP contribution >= 0.6 is 0 Å². The highest BCUT2D eigenvalue weighted by molar-refractivity contribution is 5.72. The van der Waals surface area contributed by atoms with Crippen molar-refractivity contribution < 1.29 is 9.53 Å². The number of carbonyl (C=O) groups is 1. The average molecular weight is 166 g/mol. The first-order valence-electron chi connectivity index (χ1n) is 3.63. The lowest BCUT2D eigenvalue weighted by molar-refractivity contribution is -0.139. The lowest BCUT2D eigenvalue weighted by Crippen LogP contribution is -2.01. The van der Waals surface area contributed by atoms with Gasteiger partial charge in [-0.15, -0.1) is 0 Å². The topological polar surface area (TPSA) is 26.3 Å². The van der Waals surface area contributed by atoms with Crippen LogP contribution < -0.4 is 0 Å². The van der Waals surface area contributed by atoms with E-state index in [4.69, 9.17) is 0 Å². The van der Waals surface area contributed by atoms with E-state index in [9.17, 15) is 4.79 Å². The number of hydrogen-bond acceptors (Lipinski definition) is 2. The molecule has 0 aliphatic carbocycles. The van der Waals surface area contributed by atoms with Crippen molar-refractivity contribution in [2.45, 2.75) is 12.8 Å². The SMILES string of the molecule is C=CC(=C)CC(=C)CC(=O)OC. The molecule has 12 heavy (non-hydrogen) atoms. The fourth-order valence-electron chi connectivity index (χ4n) is 0.732. The third kappa shape index (κ3) is 4.50. The van der Waals surface area contributed by atoms with Gasteiger partial charge in [0.2, 0.25) is 0 Å². The molecule has 0 aromatic rings. The van der Waals surface area contributed by atoms with E-state index in [1.807, 2.05) is 0 Å². The van der Waals surface area contributed by atoms with Gasteiger partial charge in [0, 0.05) is 0 Å². The van der Waals surface area contributed by atoms with Crippen molar-refractivity contribution in [2.75, 3.05) is 7.11 Å². The Labute approximate surface area is 73.2 Å². The van der Waals surface area contributed by atoms with Gasteiger partial charge in [0.25, 0.3) is 0 Å². The van der Waals surface area contributed by atoms with Gasteiger partial charge in [-0.3, -0.25) is 4.79 Å². The molecule has 0 saturated carbocycles. The average Bonchev–Trinajstić information content (AvgIpc) is 2.03. The van der Waals surface area contributed by atoms with E-state index in [1.54, 1.807) is 6.08 Å². The first-order valence-corrected chi connectivity index (χ1v) is 3.63. The van der Waals surface area contributed by atoms with Crippen molar-refractivity contribution in [3.8, 4) is 0 Å². The van der Waals surface area contributed by atoms with Crippen molar-refractivity contribution >= 4 is 5.97 Å². The molecule has 0 heterocycles. The monoisotopic (exact) mass is 166 g/mol. The second kappa shape index (κ2) is 5.35. The summed E-state index contributed by atoms with van der Waals surface area (Å²) in [6.45, 7) is 11.0. The third-order valence-electron chi connectivity index (χ3n) is 1.39. The summed E-state index contributed by atoms with van der Waals surface area (Å²) in [5.74, 6) is -0.267. The standard InChI is InChI=1S/C10H14O2/c1-5-8(2)6-9(3)7-10(11)12-4/h5H,1-3,6-7H2,4H3. The summed E-state index contributed by atoms with van der Waals surface area (Å²) in [6, 6.07) is 0. The molecular formula is C10H14O2. The maximum atomic E-state index is 10.8. The van der Waals surface area contributed by atoms with Gasteiger partial charge in [-0.2, -0.15) is 0 Å². The van der Waals surface area contributed by atoms with Crippen molar-refractivity contribution in [3.05, 3.63) is 37.0 Å². The van der Waals surface area contributed by atoms with Crippen molar-refractivity contribution in [1.82, 2.24) is 0 Å². The lowest BCUT2D eigenvalue weighted by atomic mass is 10.1. The number of ether oxygens (including phenoxy) is 1. The van der Waals surface area contributed by atoms with E-state index in [-0.39, 0.29) is 12.4 Å². The van der Waals surface area contributed by atoms with Crippen LogP contribution in [0.1, 0.15) is 12.8 Å². The summed E-state index contributed by atoms with van der Waals surface area (Å²) in [5, 5.41) is 0. The van der Waals surface area contributed by atoms with E-state index in [0.717, 1.165) is 11.1 Å². The summed E-state index contributed by atoms with van der Waals surface area (Å²) in [4.78, 5) is 10.8. The van der Waals surface area contributed by atoms with Crippen molar-refractivity contribution in [1.29, 1.82) is 0 Å². The van der Waals surface area contributed by atoms with Crippen molar-refractivity contribution in [2.24, 2.45) is 0 Å². The first kappa shape index (κ1) is 10.7. The first-order chi connectivity index (χ1) is 5.60. The fourth-order valence-corrected chi connectivity index (χ4v) is 0.732. The van der Waals surface area contributed by atoms with E-state index in [2.05, 4.69) is 24.5 Å². The van der Waals surface area contributed by atoms with Gasteiger partial charge in [-0.1, -0.05) is 37.0 Å². The minimum absolute atomic E-state index is 0.253. The Hall–Kier alpha value is -1.31. The number of hydrogen-bond donors (Lipinski definition) is 0. The zero-order chi connectivity index (χ0) is 9.56. The molecule has 0 aromatic heterocycles. The molecule has 0 N–H and O–H groups in total. The highest BCUT2D eigenvalue weighted by Crippen LogP contribution is 2.11. The quantitative estimate of drug-likeness (QED) is 0.355. The Morgan fingerprint density at radius 3 is 2.42 bits per heavy atom. The molecule has 0 fully saturated rings. The molecule has 0 saturated heterocycles. The van der Waals surface area contributed by atoms with Gasteiger partial charge in [0.05, 0.1) is 13.5 Å². The van der Waals surface area contributed by atoms with Gasteiger partial charge < -0.3 is 4.74 Å². The summed E-state index contributed by atoms with van der Waals surface area (Å²) in [5.41, 5.74) is 1.66. The Bertz CT molecular complexity index is 214. The molecule has 0 atom stereocenters. The predicted octanol–water partition coefficient (Wildman–Crippen LogP) is 2.24. The summed E-state index contributed by atoms with van der Waals surface area (Å²) < 4.78 is 4.48. The summed E-state index contributed by atoms with van der Waals surface area (Å²) in [6.07, 6.45) is 2.52. The number of allylic oxidation sites excluding steroid dienone is 2. The molecule has 0 amide bonds. The summed E-state index contributed by atoms with van der Waals surface area (Å²) >= 11 is 0. The van der Waals surface area contributed by atoms with E-state index < -0.39 is 0 Å². The zero-order valence-corrected chi connectivity index (χ0v) is 7.43. The van der Waals surface area contributed by atoms with Gasteiger partial charge in [0.15, 0.2) is 0 Å². The number of methoxy groups -OCH3 is 1. The van der Waals surface area contributed by atoms with Gasteiger partial charge in [0.1, 0.15) is 0 Å². The Morgan fingerprint density at radius 1 is 1.42 bits per heavy atom. The predicted molar refractivity (Wildman–Crippen MR) is 49.7 cm³/mol. The molecule has 0 aliphatic heterocycles. The Kier molecular flexibility index (Phi) is 4.77. The van der Waals surface area contributed by atoms with Gasteiger partial charge in [-0.05, 0) is 6.42 Å².